The van der Waals surface area contributed by atoms with Gasteiger partial charge in [-0.15, -0.1) is 11.3 Å². The first kappa shape index (κ1) is 6.71. The Balaban J connectivity index is 2.58. The van der Waals surface area contributed by atoms with Crippen molar-refractivity contribution in [2.24, 2.45) is 0 Å². The highest BCUT2D eigenvalue weighted by Crippen LogP contribution is 2.18. The van der Waals surface area contributed by atoms with Gasteiger partial charge in [0.2, 0.25) is 0 Å². The summed E-state index contributed by atoms with van der Waals surface area (Å²) in [7, 11) is 0. The van der Waals surface area contributed by atoms with E-state index in [1.165, 1.54) is 0 Å². The molecule has 1 nitrogen and oxygen atoms in total. The van der Waals surface area contributed by atoms with Crippen LogP contribution in [0.5, 0.6) is 5.06 Å². The molecule has 1 aromatic rings. The van der Waals surface area contributed by atoms with Gasteiger partial charge in [0.1, 0.15) is 0 Å². The maximum Gasteiger partial charge on any atom is 0.181 e. The number of rotatable bonds is 1. The van der Waals surface area contributed by atoms with E-state index in [4.69, 9.17) is 17.0 Å². The Morgan fingerprint density at radius 3 is 3.00 bits per heavy atom. The molecule has 0 spiro atoms. The van der Waals surface area contributed by atoms with E-state index >= 15 is 0 Å². The number of thiophene rings is 1. The van der Waals surface area contributed by atoms with E-state index in [1.54, 1.807) is 18.3 Å². The molecule has 0 saturated carbocycles. The largest absolute Gasteiger partial charge is 0.440 e. The number of hydrogen-bond donors (Lipinski definition) is 0. The summed E-state index contributed by atoms with van der Waals surface area (Å²) >= 11 is 6.27. The highest BCUT2D eigenvalue weighted by molar-refractivity contribution is 7.80. The first-order chi connectivity index (χ1) is 4.29. The highest BCUT2D eigenvalue weighted by atomic mass is 32.1. The van der Waals surface area contributed by atoms with Crippen molar-refractivity contribution < 1.29 is 4.74 Å². The first-order valence-corrected chi connectivity index (χ1v) is 3.80. The van der Waals surface area contributed by atoms with Crippen LogP contribution in [0.2, 0.25) is 0 Å². The molecule has 0 unspecified atom stereocenters. The monoisotopic (exact) mass is 158 g/mol. The minimum Gasteiger partial charge on any atom is -0.440 e. The normalized spacial score (nSPS) is 9.00. The molecule has 0 fully saturated rings. The smallest absolute Gasteiger partial charge is 0.181 e. The van der Waals surface area contributed by atoms with E-state index in [0.717, 1.165) is 5.06 Å². The summed E-state index contributed by atoms with van der Waals surface area (Å²) in [6.45, 7) is 1.76. The van der Waals surface area contributed by atoms with Gasteiger partial charge in [-0.25, -0.2) is 0 Å². The summed E-state index contributed by atoms with van der Waals surface area (Å²) < 4.78 is 5.10. The lowest BCUT2D eigenvalue weighted by molar-refractivity contribution is 0.578. The molecule has 0 saturated heterocycles. The molecule has 9 heavy (non-hydrogen) atoms. The molecule has 0 aromatic carbocycles. The molecule has 0 radical (unpaired) electrons. The summed E-state index contributed by atoms with van der Waals surface area (Å²) in [5, 5.41) is 3.38. The maximum atomic E-state index is 5.10. The standard InChI is InChI=1S/C6H6OS2/c1-5(8)7-6-3-2-4-9-6/h2-4H,1H3. The first-order valence-electron chi connectivity index (χ1n) is 2.51. The Hall–Kier alpha value is -0.410. The van der Waals surface area contributed by atoms with Crippen LogP contribution in [0.15, 0.2) is 17.5 Å². The molecule has 0 amide bonds. The minimum absolute atomic E-state index is 0.567. The van der Waals surface area contributed by atoms with E-state index in [9.17, 15) is 0 Å². The fraction of sp³-hybridized carbons (Fsp3) is 0.167. The van der Waals surface area contributed by atoms with Gasteiger partial charge < -0.3 is 4.74 Å². The van der Waals surface area contributed by atoms with Gasteiger partial charge in [0.25, 0.3) is 0 Å². The van der Waals surface area contributed by atoms with Crippen LogP contribution < -0.4 is 4.74 Å². The van der Waals surface area contributed by atoms with Gasteiger partial charge in [-0.2, -0.15) is 0 Å². The molecule has 1 aromatic heterocycles. The van der Waals surface area contributed by atoms with Crippen molar-refractivity contribution in [2.45, 2.75) is 6.92 Å². The summed E-state index contributed by atoms with van der Waals surface area (Å²) in [5.74, 6) is 0. The van der Waals surface area contributed by atoms with E-state index in [2.05, 4.69) is 0 Å². The van der Waals surface area contributed by atoms with E-state index in [1.807, 2.05) is 17.5 Å². The van der Waals surface area contributed by atoms with Crippen molar-refractivity contribution >= 4 is 28.6 Å². The lowest BCUT2D eigenvalue weighted by Crippen LogP contribution is -1.95. The fourth-order valence-electron chi connectivity index (χ4n) is 0.463. The highest BCUT2D eigenvalue weighted by Gasteiger charge is 1.92. The predicted molar refractivity (Wildman–Crippen MR) is 43.2 cm³/mol. The van der Waals surface area contributed by atoms with Crippen LogP contribution in [0.25, 0.3) is 0 Å². The van der Waals surface area contributed by atoms with Crippen LogP contribution in [-0.2, 0) is 0 Å². The summed E-state index contributed by atoms with van der Waals surface area (Å²) in [6.07, 6.45) is 0. The Kier molecular flexibility index (Phi) is 2.19. The van der Waals surface area contributed by atoms with Crippen LogP contribution in [0.4, 0.5) is 0 Å². The van der Waals surface area contributed by atoms with Crippen LogP contribution in [0.1, 0.15) is 6.92 Å². The molecule has 0 aliphatic rings. The van der Waals surface area contributed by atoms with Crippen molar-refractivity contribution in [2.75, 3.05) is 0 Å². The van der Waals surface area contributed by atoms with Crippen molar-refractivity contribution in [3.8, 4) is 5.06 Å². The van der Waals surface area contributed by atoms with Gasteiger partial charge in [0, 0.05) is 6.92 Å². The van der Waals surface area contributed by atoms with Crippen LogP contribution >= 0.6 is 23.6 Å². The second kappa shape index (κ2) is 2.94. The van der Waals surface area contributed by atoms with E-state index < -0.39 is 0 Å². The Morgan fingerprint density at radius 1 is 1.78 bits per heavy atom. The number of hydrogen-bond acceptors (Lipinski definition) is 3. The van der Waals surface area contributed by atoms with Crippen molar-refractivity contribution in [3.05, 3.63) is 17.5 Å². The van der Waals surface area contributed by atoms with E-state index in [-0.39, 0.29) is 0 Å². The molecule has 0 bridgehead atoms. The van der Waals surface area contributed by atoms with Crippen LogP contribution in [0, 0.1) is 0 Å². The molecule has 3 heteroatoms. The van der Waals surface area contributed by atoms with Gasteiger partial charge in [-0.1, -0.05) is 0 Å². The third kappa shape index (κ3) is 2.11. The second-order valence-corrected chi connectivity index (χ2v) is 3.01. The molecule has 0 N–H and O–H groups in total. The SMILES string of the molecule is CC(=S)Oc1cccs1. The number of ether oxygens (including phenoxy) is 1. The van der Waals surface area contributed by atoms with E-state index in [0.29, 0.717) is 5.05 Å². The Labute approximate surface area is 63.3 Å². The predicted octanol–water partition coefficient (Wildman–Crippen LogP) is 2.47. The third-order valence-electron chi connectivity index (χ3n) is 0.739. The quantitative estimate of drug-likeness (QED) is 0.581. The zero-order valence-electron chi connectivity index (χ0n) is 4.96. The van der Waals surface area contributed by atoms with Crippen molar-refractivity contribution in [1.82, 2.24) is 0 Å². The van der Waals surface area contributed by atoms with Crippen LogP contribution in [0.3, 0.4) is 0 Å². The lowest BCUT2D eigenvalue weighted by Gasteiger charge is -1.95. The molecule has 1 heterocycles. The Morgan fingerprint density at radius 2 is 2.56 bits per heavy atom. The van der Waals surface area contributed by atoms with Gasteiger partial charge in [-0.05, 0) is 29.7 Å². The molecule has 0 aliphatic heterocycles. The summed E-state index contributed by atoms with van der Waals surface area (Å²) in [6, 6.07) is 3.82. The summed E-state index contributed by atoms with van der Waals surface area (Å²) in [5.41, 5.74) is 0. The van der Waals surface area contributed by atoms with Gasteiger partial charge >= 0.3 is 0 Å². The van der Waals surface area contributed by atoms with Crippen LogP contribution in [-0.4, -0.2) is 5.05 Å². The fourth-order valence-corrected chi connectivity index (χ4v) is 1.23. The molecule has 48 valence electrons. The topological polar surface area (TPSA) is 9.23 Å². The Bertz CT molecular complexity index is 191. The molecular weight excluding hydrogens is 152 g/mol. The van der Waals surface area contributed by atoms with Gasteiger partial charge in [0.15, 0.2) is 10.1 Å². The van der Waals surface area contributed by atoms with Gasteiger partial charge in [-0.3, -0.25) is 0 Å². The number of thiocarbonyl (C=S) groups is 1. The third-order valence-corrected chi connectivity index (χ3v) is 1.57. The molecule has 1 rings (SSSR count). The molecular formula is C6H6OS2. The zero-order valence-corrected chi connectivity index (χ0v) is 6.59. The van der Waals surface area contributed by atoms with Crippen molar-refractivity contribution in [3.63, 3.8) is 0 Å². The average molecular weight is 158 g/mol. The van der Waals surface area contributed by atoms with Gasteiger partial charge in [0.05, 0.1) is 0 Å². The zero-order chi connectivity index (χ0) is 6.69. The maximum absolute atomic E-state index is 5.10. The second-order valence-electron chi connectivity index (χ2n) is 1.53. The minimum atomic E-state index is 0.567. The summed E-state index contributed by atoms with van der Waals surface area (Å²) in [4.78, 5) is 0. The molecule has 0 aliphatic carbocycles. The van der Waals surface area contributed by atoms with Crippen molar-refractivity contribution in [1.29, 1.82) is 0 Å². The lowest BCUT2D eigenvalue weighted by atomic mass is 10.6. The average Bonchev–Trinajstić information content (AvgIpc) is 2.15. The molecule has 0 atom stereocenters.